The average Bonchev–Trinajstić information content (AvgIpc) is 2.52. The van der Waals surface area contributed by atoms with Gasteiger partial charge < -0.3 is 9.47 Å². The lowest BCUT2D eigenvalue weighted by molar-refractivity contribution is -0.142. The van der Waals surface area contributed by atoms with Gasteiger partial charge >= 0.3 is 11.9 Å². The summed E-state index contributed by atoms with van der Waals surface area (Å²) >= 11 is 0. The Hall–Kier alpha value is -1.94. The van der Waals surface area contributed by atoms with E-state index in [1.54, 1.807) is 18.2 Å². The Morgan fingerprint density at radius 1 is 0.875 bits per heavy atom. The minimum atomic E-state index is -4.38. The van der Waals surface area contributed by atoms with Crippen molar-refractivity contribution in [3.05, 3.63) is 35.9 Å². The Balaban J connectivity index is 2.77. The van der Waals surface area contributed by atoms with Crippen molar-refractivity contribution in [1.29, 1.82) is 0 Å². The van der Waals surface area contributed by atoms with Crippen LogP contribution in [0.25, 0.3) is 0 Å². The minimum Gasteiger partial charge on any atom is -0.468 e. The summed E-state index contributed by atoms with van der Waals surface area (Å²) in [5, 5.41) is -4.93. The van der Waals surface area contributed by atoms with Gasteiger partial charge in [0.15, 0.2) is 35.3 Å². The highest BCUT2D eigenvalue weighted by atomic mass is 32.3. The van der Waals surface area contributed by atoms with Crippen LogP contribution in [0.15, 0.2) is 30.3 Å². The number of hydrogen-bond acceptors (Lipinski definition) is 8. The lowest BCUT2D eigenvalue weighted by atomic mass is 9.91. The van der Waals surface area contributed by atoms with E-state index in [0.29, 0.717) is 0 Å². The summed E-state index contributed by atoms with van der Waals surface area (Å²) in [4.78, 5) is 24.2. The molecule has 24 heavy (non-hydrogen) atoms. The van der Waals surface area contributed by atoms with Crippen LogP contribution in [0.1, 0.15) is 11.5 Å². The number of esters is 2. The third-order valence-electron chi connectivity index (χ3n) is 3.81. The number of ether oxygens (including phenoxy) is 2. The van der Waals surface area contributed by atoms with Gasteiger partial charge in [0.25, 0.3) is 0 Å². The second-order valence-electron chi connectivity index (χ2n) is 5.27. The molecule has 0 aromatic heterocycles. The summed E-state index contributed by atoms with van der Waals surface area (Å²) < 4.78 is 58.7. The number of benzene rings is 1. The van der Waals surface area contributed by atoms with Gasteiger partial charge in [0.2, 0.25) is 0 Å². The molecule has 1 aromatic rings. The molecule has 0 amide bonds. The van der Waals surface area contributed by atoms with E-state index in [1.165, 1.54) is 12.1 Å². The Kier molecular flexibility index (Phi) is 5.00. The number of rotatable bonds is 3. The van der Waals surface area contributed by atoms with Crippen LogP contribution in [-0.4, -0.2) is 58.6 Å². The van der Waals surface area contributed by atoms with Gasteiger partial charge in [-0.1, -0.05) is 30.3 Å². The molecular weight excluding hydrogens is 360 g/mol. The van der Waals surface area contributed by atoms with Crippen molar-refractivity contribution in [2.75, 3.05) is 19.3 Å². The van der Waals surface area contributed by atoms with Crippen LogP contribution in [0.2, 0.25) is 0 Å². The number of sulfone groups is 2. The SMILES string of the molecule is COC(=O)C1C(c2ccccc2)C(C(=O)OC)S(=O)(=O)CS1(=O)=O. The van der Waals surface area contributed by atoms with Gasteiger partial charge in [-0.15, -0.1) is 0 Å². The van der Waals surface area contributed by atoms with Gasteiger partial charge in [0.1, 0.15) is 0 Å². The normalized spacial score (nSPS) is 27.8. The van der Waals surface area contributed by atoms with Gasteiger partial charge in [-0.25, -0.2) is 16.8 Å². The highest BCUT2D eigenvalue weighted by Crippen LogP contribution is 2.39. The molecule has 1 aromatic carbocycles. The van der Waals surface area contributed by atoms with Gasteiger partial charge in [0, 0.05) is 5.92 Å². The molecule has 0 radical (unpaired) electrons. The second kappa shape index (κ2) is 6.52. The summed E-state index contributed by atoms with van der Waals surface area (Å²) in [5.74, 6) is -3.69. The molecule has 0 spiro atoms. The summed E-state index contributed by atoms with van der Waals surface area (Å²) in [7, 11) is -6.78. The Bertz CT molecular complexity index is 790. The molecule has 10 heteroatoms. The Labute approximate surface area is 139 Å². The zero-order valence-corrected chi connectivity index (χ0v) is 14.5. The van der Waals surface area contributed by atoms with Crippen molar-refractivity contribution >= 4 is 31.6 Å². The smallest absolute Gasteiger partial charge is 0.324 e. The lowest BCUT2D eigenvalue weighted by Gasteiger charge is -2.34. The zero-order chi connectivity index (χ0) is 18.1. The lowest BCUT2D eigenvalue weighted by Crippen LogP contribution is -2.55. The largest absolute Gasteiger partial charge is 0.468 e. The molecule has 1 heterocycles. The topological polar surface area (TPSA) is 121 Å². The van der Waals surface area contributed by atoms with Crippen molar-refractivity contribution in [3.8, 4) is 0 Å². The maximum absolute atomic E-state index is 12.4. The number of carbonyl (C=O) groups excluding carboxylic acids is 2. The highest BCUT2D eigenvalue weighted by Gasteiger charge is 2.58. The molecular formula is C14H16O8S2. The van der Waals surface area contributed by atoms with E-state index in [-0.39, 0.29) is 5.56 Å². The number of hydrogen-bond donors (Lipinski definition) is 0. The predicted molar refractivity (Wildman–Crippen MR) is 83.5 cm³/mol. The molecule has 132 valence electrons. The van der Waals surface area contributed by atoms with Crippen molar-refractivity contribution in [3.63, 3.8) is 0 Å². The summed E-state index contributed by atoms with van der Waals surface area (Å²) in [6.45, 7) is 0. The van der Waals surface area contributed by atoms with E-state index in [4.69, 9.17) is 0 Å². The maximum atomic E-state index is 12.4. The quantitative estimate of drug-likeness (QED) is 0.657. The van der Waals surface area contributed by atoms with Gasteiger partial charge in [-0.2, -0.15) is 0 Å². The second-order valence-corrected chi connectivity index (χ2v) is 9.88. The first kappa shape index (κ1) is 18.4. The van der Waals surface area contributed by atoms with Crippen LogP contribution in [0, 0.1) is 0 Å². The molecule has 8 nitrogen and oxygen atoms in total. The summed E-state index contributed by atoms with van der Waals surface area (Å²) in [5.41, 5.74) is 0.218. The summed E-state index contributed by atoms with van der Waals surface area (Å²) in [6, 6.07) is 7.63. The fourth-order valence-electron chi connectivity index (χ4n) is 2.82. The average molecular weight is 376 g/mol. The first-order valence-corrected chi connectivity index (χ1v) is 10.2. The maximum Gasteiger partial charge on any atom is 0.324 e. The van der Waals surface area contributed by atoms with E-state index in [9.17, 15) is 26.4 Å². The first-order valence-electron chi connectivity index (χ1n) is 6.79. The Morgan fingerprint density at radius 3 is 1.67 bits per heavy atom. The van der Waals surface area contributed by atoms with Crippen LogP contribution in [0.3, 0.4) is 0 Å². The van der Waals surface area contributed by atoms with E-state index >= 15 is 0 Å². The summed E-state index contributed by atoms with van der Waals surface area (Å²) in [6.07, 6.45) is 0. The highest BCUT2D eigenvalue weighted by molar-refractivity contribution is 8.09. The Morgan fingerprint density at radius 2 is 1.29 bits per heavy atom. The van der Waals surface area contributed by atoms with Crippen molar-refractivity contribution in [2.24, 2.45) is 0 Å². The molecule has 2 atom stereocenters. The molecule has 0 N–H and O–H groups in total. The van der Waals surface area contributed by atoms with Crippen LogP contribution < -0.4 is 0 Å². The van der Waals surface area contributed by atoms with Crippen molar-refractivity contribution in [1.82, 2.24) is 0 Å². The zero-order valence-electron chi connectivity index (χ0n) is 12.9. The number of methoxy groups -OCH3 is 2. The van der Waals surface area contributed by atoms with E-state index < -0.39 is 53.1 Å². The molecule has 2 rings (SSSR count). The van der Waals surface area contributed by atoms with Gasteiger partial charge in [-0.05, 0) is 5.56 Å². The minimum absolute atomic E-state index is 0.218. The molecule has 2 unspecified atom stereocenters. The molecule has 0 saturated carbocycles. The fourth-order valence-corrected chi connectivity index (χ4v) is 8.23. The fraction of sp³-hybridized carbons (Fsp3) is 0.429. The van der Waals surface area contributed by atoms with Crippen LogP contribution >= 0.6 is 0 Å². The van der Waals surface area contributed by atoms with E-state index in [0.717, 1.165) is 14.2 Å². The third-order valence-corrected chi connectivity index (χ3v) is 8.95. The predicted octanol–water partition coefficient (Wildman–Crippen LogP) is -0.346. The standard InChI is InChI=1S/C14H16O8S2/c1-21-13(15)11-10(9-6-4-3-5-7-9)12(14(16)22-2)24(19,20)8-23(11,17)18/h3-7,10-12H,8H2,1-2H3. The molecule has 1 aliphatic rings. The van der Waals surface area contributed by atoms with Crippen LogP contribution in [0.5, 0.6) is 0 Å². The van der Waals surface area contributed by atoms with Crippen molar-refractivity contribution < 1.29 is 35.9 Å². The van der Waals surface area contributed by atoms with E-state index in [1.807, 2.05) is 0 Å². The van der Waals surface area contributed by atoms with Gasteiger partial charge in [-0.3, -0.25) is 9.59 Å². The molecule has 0 aliphatic carbocycles. The van der Waals surface area contributed by atoms with Gasteiger partial charge in [0.05, 0.1) is 14.2 Å². The number of carbonyl (C=O) groups is 2. The molecule has 1 saturated heterocycles. The third kappa shape index (κ3) is 3.16. The first-order chi connectivity index (χ1) is 11.2. The van der Waals surface area contributed by atoms with Crippen LogP contribution in [-0.2, 0) is 38.7 Å². The molecule has 1 fully saturated rings. The van der Waals surface area contributed by atoms with Crippen molar-refractivity contribution in [2.45, 2.75) is 16.4 Å². The molecule has 1 aliphatic heterocycles. The monoisotopic (exact) mass is 376 g/mol. The molecule has 0 bridgehead atoms. The van der Waals surface area contributed by atoms with Crippen LogP contribution in [0.4, 0.5) is 0 Å². The van der Waals surface area contributed by atoms with E-state index in [2.05, 4.69) is 9.47 Å².